The van der Waals surface area contributed by atoms with Gasteiger partial charge in [-0.2, -0.15) is 0 Å². The summed E-state index contributed by atoms with van der Waals surface area (Å²) >= 11 is 0. The lowest BCUT2D eigenvalue weighted by Gasteiger charge is -2.27. The molecule has 108 valence electrons. The molecule has 1 aromatic carbocycles. The Morgan fingerprint density at radius 1 is 0.947 bits per heavy atom. The zero-order valence-corrected chi connectivity index (χ0v) is 12.8. The highest BCUT2D eigenvalue weighted by Gasteiger charge is 2.25. The number of hydrogen-bond acceptors (Lipinski definition) is 4. The molecule has 4 nitrogen and oxygen atoms in total. The van der Waals surface area contributed by atoms with Gasteiger partial charge in [-0.15, -0.1) is 0 Å². The van der Waals surface area contributed by atoms with Crippen LogP contribution in [0.4, 0.5) is 11.4 Å². The Kier molecular flexibility index (Phi) is 5.58. The van der Waals surface area contributed by atoms with E-state index in [1.807, 2.05) is 30.8 Å². The molecule has 0 spiro atoms. The van der Waals surface area contributed by atoms with Gasteiger partial charge in [0.25, 0.3) is 10.9 Å². The predicted molar refractivity (Wildman–Crippen MR) is 82.3 cm³/mol. The van der Waals surface area contributed by atoms with E-state index in [1.165, 1.54) is 6.42 Å². The fraction of sp³-hybridized carbons (Fsp3) is 0.733. The van der Waals surface area contributed by atoms with Crippen LogP contribution in [0.2, 0.25) is 0 Å². The van der Waals surface area contributed by atoms with Crippen molar-refractivity contribution in [1.29, 1.82) is 0 Å². The molecule has 1 rings (SSSR count). The maximum Gasteiger partial charge on any atom is 0.253 e. The van der Waals surface area contributed by atoms with Gasteiger partial charge in [0.2, 0.25) is 0 Å². The molecule has 0 aromatic heterocycles. The monoisotopic (exact) mass is 266 g/mol. The van der Waals surface area contributed by atoms with E-state index in [0.29, 0.717) is 11.4 Å². The van der Waals surface area contributed by atoms with Crippen molar-refractivity contribution in [2.45, 2.75) is 40.0 Å². The number of rotatable bonds is 8. The highest BCUT2D eigenvalue weighted by molar-refractivity contribution is 5.75. The summed E-state index contributed by atoms with van der Waals surface area (Å²) in [5.41, 5.74) is 0.507. The van der Waals surface area contributed by atoms with Gasteiger partial charge in [-0.25, -0.2) is 0 Å². The van der Waals surface area contributed by atoms with Crippen molar-refractivity contribution in [2.24, 2.45) is 5.92 Å². The van der Waals surface area contributed by atoms with Gasteiger partial charge in [-0.1, -0.05) is 26.7 Å². The lowest BCUT2D eigenvalue weighted by atomic mass is 10.1. The second-order valence-corrected chi connectivity index (χ2v) is 5.68. The van der Waals surface area contributed by atoms with Crippen LogP contribution in [0.3, 0.4) is 0 Å². The molecule has 0 unspecified atom stereocenters. The first-order valence-corrected chi connectivity index (χ1v) is 7.15. The highest BCUT2D eigenvalue weighted by atomic mass is 16.2. The van der Waals surface area contributed by atoms with Gasteiger partial charge >= 0.3 is 0 Å². The van der Waals surface area contributed by atoms with Gasteiger partial charge in [0.1, 0.15) is 11.4 Å². The van der Waals surface area contributed by atoms with Crippen LogP contribution < -0.4 is 20.7 Å². The molecule has 1 aromatic rings. The van der Waals surface area contributed by atoms with E-state index in [4.69, 9.17) is 0 Å². The Hall–Kier alpha value is -1.32. The molecule has 19 heavy (non-hydrogen) atoms. The topological polar surface area (TPSA) is 40.6 Å². The first kappa shape index (κ1) is 15.7. The quantitative estimate of drug-likeness (QED) is 0.533. The van der Waals surface area contributed by atoms with Crippen LogP contribution in [0.15, 0.2) is 9.59 Å². The van der Waals surface area contributed by atoms with E-state index in [1.54, 1.807) is 0 Å². The summed E-state index contributed by atoms with van der Waals surface area (Å²) in [4.78, 5) is 27.1. The van der Waals surface area contributed by atoms with Gasteiger partial charge in [-0.3, -0.25) is 9.59 Å². The van der Waals surface area contributed by atoms with E-state index < -0.39 is 0 Å². The van der Waals surface area contributed by atoms with Crippen LogP contribution in [0.25, 0.3) is 0 Å². The first-order valence-electron chi connectivity index (χ1n) is 7.15. The van der Waals surface area contributed by atoms with Crippen molar-refractivity contribution < 1.29 is 0 Å². The maximum atomic E-state index is 11.7. The number of unbranched alkanes of at least 4 members (excludes halogenated alkanes) is 1. The molecule has 0 amide bonds. The number of nitrogens with zero attached hydrogens (tertiary/aromatic N) is 2. The summed E-state index contributed by atoms with van der Waals surface area (Å²) in [7, 11) is 3.75. The molecule has 0 radical (unpaired) electrons. The van der Waals surface area contributed by atoms with Crippen molar-refractivity contribution in [1.82, 2.24) is 0 Å². The highest BCUT2D eigenvalue weighted by Crippen LogP contribution is 2.22. The lowest BCUT2D eigenvalue weighted by molar-refractivity contribution is 0.538. The summed E-state index contributed by atoms with van der Waals surface area (Å²) in [6.45, 7) is 7.98. The number of hydrogen-bond donors (Lipinski definition) is 0. The Bertz CT molecular complexity index is 473. The van der Waals surface area contributed by atoms with Crippen LogP contribution in [0.5, 0.6) is 0 Å². The van der Waals surface area contributed by atoms with Crippen molar-refractivity contribution in [2.75, 3.05) is 37.0 Å². The lowest BCUT2D eigenvalue weighted by Crippen LogP contribution is -2.44. The van der Waals surface area contributed by atoms with E-state index in [2.05, 4.69) is 13.8 Å². The minimum atomic E-state index is -0.339. The van der Waals surface area contributed by atoms with E-state index in [9.17, 15) is 9.59 Å². The predicted octanol–water partition coefficient (Wildman–Crippen LogP) is 2.00. The minimum absolute atomic E-state index is 0.332. The standard InChI is InChI=1S/C15H26N2O2/c1-6-16(4)12-13(15(19)14(12)18)17(5)10-8-7-9-11(2)3/h11H,6-10H2,1-5H3. The number of anilines is 2. The van der Waals surface area contributed by atoms with Crippen LogP contribution >= 0.6 is 0 Å². The zero-order chi connectivity index (χ0) is 14.6. The summed E-state index contributed by atoms with van der Waals surface area (Å²) in [5, 5.41) is 0. The molecule has 0 aliphatic carbocycles. The van der Waals surface area contributed by atoms with Crippen LogP contribution in [-0.4, -0.2) is 27.2 Å². The first-order chi connectivity index (χ1) is 8.90. The van der Waals surface area contributed by atoms with Gasteiger partial charge in [0, 0.05) is 27.2 Å². The van der Waals surface area contributed by atoms with E-state index in [-0.39, 0.29) is 10.9 Å². The Labute approximate surface area is 115 Å². The third kappa shape index (κ3) is 3.58. The molecule has 0 saturated carbocycles. The Balaban J connectivity index is 2.63. The molecule has 0 bridgehead atoms. The molecular weight excluding hydrogens is 240 g/mol. The van der Waals surface area contributed by atoms with Gasteiger partial charge in [0.05, 0.1) is 0 Å². The average molecular weight is 266 g/mol. The SMILES string of the molecule is CCN(C)c1c(N(C)CCCCC(C)C)c(=O)c1=O. The smallest absolute Gasteiger partial charge is 0.253 e. The molecule has 0 aliphatic rings. The zero-order valence-electron chi connectivity index (χ0n) is 12.8. The largest absolute Gasteiger partial charge is 0.370 e. The van der Waals surface area contributed by atoms with Gasteiger partial charge in [-0.05, 0) is 19.3 Å². The summed E-state index contributed by atoms with van der Waals surface area (Å²) < 4.78 is 0. The summed E-state index contributed by atoms with van der Waals surface area (Å²) in [6.07, 6.45) is 3.43. The Morgan fingerprint density at radius 3 is 1.95 bits per heavy atom. The third-order valence-electron chi connectivity index (χ3n) is 3.62. The van der Waals surface area contributed by atoms with E-state index in [0.717, 1.165) is 31.8 Å². The summed E-state index contributed by atoms with van der Waals surface area (Å²) in [5.74, 6) is 0.721. The molecular formula is C15H26N2O2. The van der Waals surface area contributed by atoms with Crippen LogP contribution in [-0.2, 0) is 0 Å². The van der Waals surface area contributed by atoms with Crippen molar-refractivity contribution in [3.8, 4) is 0 Å². The average Bonchev–Trinajstić information content (AvgIpc) is 2.38. The van der Waals surface area contributed by atoms with Crippen LogP contribution in [0.1, 0.15) is 40.0 Å². The molecule has 0 aliphatic heterocycles. The molecule has 0 saturated heterocycles. The Morgan fingerprint density at radius 2 is 1.47 bits per heavy atom. The van der Waals surface area contributed by atoms with Gasteiger partial charge in [0.15, 0.2) is 0 Å². The summed E-state index contributed by atoms with van der Waals surface area (Å²) in [6, 6.07) is 0. The van der Waals surface area contributed by atoms with Gasteiger partial charge < -0.3 is 9.80 Å². The van der Waals surface area contributed by atoms with Crippen molar-refractivity contribution in [3.05, 3.63) is 20.4 Å². The van der Waals surface area contributed by atoms with Crippen molar-refractivity contribution in [3.63, 3.8) is 0 Å². The van der Waals surface area contributed by atoms with Crippen LogP contribution in [0, 0.1) is 5.92 Å². The fourth-order valence-electron chi connectivity index (χ4n) is 2.25. The molecule has 0 fully saturated rings. The minimum Gasteiger partial charge on any atom is -0.370 e. The molecule has 0 atom stereocenters. The molecule has 4 heteroatoms. The normalized spacial score (nSPS) is 11.3. The third-order valence-corrected chi connectivity index (χ3v) is 3.62. The fourth-order valence-corrected chi connectivity index (χ4v) is 2.25. The van der Waals surface area contributed by atoms with Crippen molar-refractivity contribution >= 4 is 11.4 Å². The maximum absolute atomic E-state index is 11.7. The van der Waals surface area contributed by atoms with E-state index >= 15 is 0 Å². The second-order valence-electron chi connectivity index (χ2n) is 5.68. The second kappa shape index (κ2) is 6.73. The molecule has 0 N–H and O–H groups in total. The molecule has 0 heterocycles.